The van der Waals surface area contributed by atoms with Gasteiger partial charge in [0.25, 0.3) is 0 Å². The van der Waals surface area contributed by atoms with Gasteiger partial charge in [0.2, 0.25) is 0 Å². The van der Waals surface area contributed by atoms with E-state index in [1.54, 1.807) is 47.6 Å². The molecule has 1 aromatic rings. The zero-order valence-electron chi connectivity index (χ0n) is 19.5. The number of rotatable bonds is 8. The van der Waals surface area contributed by atoms with Crippen molar-refractivity contribution in [1.29, 1.82) is 0 Å². The predicted molar refractivity (Wildman–Crippen MR) is 121 cm³/mol. The molecule has 32 heavy (non-hydrogen) atoms. The molecule has 1 N–H and O–H groups in total. The highest BCUT2D eigenvalue weighted by Crippen LogP contribution is 2.41. The maximum atomic E-state index is 13.0. The van der Waals surface area contributed by atoms with Crippen LogP contribution in [0.1, 0.15) is 58.6 Å². The van der Waals surface area contributed by atoms with Gasteiger partial charge in [0.15, 0.2) is 0 Å². The van der Waals surface area contributed by atoms with Crippen LogP contribution in [0.4, 0.5) is 0 Å². The monoisotopic (exact) mass is 441 g/mol. The van der Waals surface area contributed by atoms with E-state index < -0.39 is 23.8 Å². The minimum Gasteiger partial charge on any atom is -0.463 e. The number of esters is 3. The molecule has 1 heterocycles. The van der Waals surface area contributed by atoms with Crippen LogP contribution in [0.3, 0.4) is 0 Å². The number of nitrogens with one attached hydrogen (secondary N) is 1. The van der Waals surface area contributed by atoms with Crippen molar-refractivity contribution in [3.05, 3.63) is 63.5 Å². The average molecular weight is 442 g/mol. The predicted octanol–water partition coefficient (Wildman–Crippen LogP) is 4.01. The van der Waals surface area contributed by atoms with Crippen molar-refractivity contribution in [3.8, 4) is 0 Å². The molecule has 0 aromatic heterocycles. The Morgan fingerprint density at radius 2 is 1.38 bits per heavy atom. The maximum absolute atomic E-state index is 13.0. The lowest BCUT2D eigenvalue weighted by Gasteiger charge is -2.31. The molecular weight excluding hydrogens is 410 g/mol. The molecule has 1 aliphatic heterocycles. The molecule has 0 saturated heterocycles. The summed E-state index contributed by atoms with van der Waals surface area (Å²) in [5, 5.41) is 3.12. The van der Waals surface area contributed by atoms with Gasteiger partial charge in [-0.1, -0.05) is 24.3 Å². The van der Waals surface area contributed by atoms with Crippen LogP contribution >= 0.6 is 0 Å². The second-order valence-corrected chi connectivity index (χ2v) is 7.25. The Bertz CT molecular complexity index is 946. The number of hydrogen-bond donors (Lipinski definition) is 1. The van der Waals surface area contributed by atoms with Gasteiger partial charge in [-0.3, -0.25) is 0 Å². The number of carbonyl (C=O) groups is 3. The van der Waals surface area contributed by atoms with E-state index in [4.69, 9.17) is 14.2 Å². The lowest BCUT2D eigenvalue weighted by molar-refractivity contribution is -0.140. The van der Waals surface area contributed by atoms with E-state index in [1.165, 1.54) is 0 Å². The summed E-state index contributed by atoms with van der Waals surface area (Å²) in [5.74, 6) is -2.19. The quantitative estimate of drug-likeness (QED) is 0.370. The number of dihydropyridines is 1. The molecule has 0 saturated carbocycles. The molecule has 1 aliphatic rings. The fourth-order valence-corrected chi connectivity index (χ4v) is 3.71. The third-order valence-corrected chi connectivity index (χ3v) is 5.03. The molecule has 2 rings (SSSR count). The minimum atomic E-state index is -0.725. The molecule has 7 heteroatoms. The normalized spacial score (nSPS) is 14.8. The van der Waals surface area contributed by atoms with E-state index in [9.17, 15) is 14.4 Å². The topological polar surface area (TPSA) is 90.9 Å². The van der Waals surface area contributed by atoms with E-state index in [-0.39, 0.29) is 19.8 Å². The van der Waals surface area contributed by atoms with Crippen LogP contribution in [-0.2, 0) is 28.6 Å². The lowest BCUT2D eigenvalue weighted by Crippen LogP contribution is -2.32. The van der Waals surface area contributed by atoms with Crippen LogP contribution in [0, 0.1) is 0 Å². The first-order valence-corrected chi connectivity index (χ1v) is 10.7. The highest BCUT2D eigenvalue weighted by Gasteiger charge is 2.38. The first kappa shape index (κ1) is 24.9. The number of allylic oxidation sites excluding steroid dienone is 2. The Morgan fingerprint density at radius 3 is 1.88 bits per heavy atom. The van der Waals surface area contributed by atoms with Crippen LogP contribution in [0.5, 0.6) is 0 Å². The van der Waals surface area contributed by atoms with Gasteiger partial charge in [-0.05, 0) is 58.7 Å². The van der Waals surface area contributed by atoms with Gasteiger partial charge in [-0.15, -0.1) is 0 Å². The highest BCUT2D eigenvalue weighted by atomic mass is 16.5. The summed E-state index contributed by atoms with van der Waals surface area (Å²) in [7, 11) is 0. The van der Waals surface area contributed by atoms with Gasteiger partial charge in [0, 0.05) is 17.0 Å². The van der Waals surface area contributed by atoms with Crippen LogP contribution in [0.15, 0.2) is 52.4 Å². The Balaban J connectivity index is 2.74. The molecule has 0 fully saturated rings. The number of ether oxygens (including phenoxy) is 3. The third-order valence-electron chi connectivity index (χ3n) is 5.03. The zero-order chi connectivity index (χ0) is 23.8. The van der Waals surface area contributed by atoms with Gasteiger partial charge >= 0.3 is 17.9 Å². The van der Waals surface area contributed by atoms with Crippen molar-refractivity contribution in [2.45, 2.75) is 47.5 Å². The van der Waals surface area contributed by atoms with Crippen LogP contribution in [0.2, 0.25) is 0 Å². The highest BCUT2D eigenvalue weighted by molar-refractivity contribution is 6.00. The van der Waals surface area contributed by atoms with Crippen molar-refractivity contribution in [3.63, 3.8) is 0 Å². The van der Waals surface area contributed by atoms with Gasteiger partial charge in [0.1, 0.15) is 0 Å². The largest absolute Gasteiger partial charge is 0.463 e. The van der Waals surface area contributed by atoms with Crippen molar-refractivity contribution < 1.29 is 28.6 Å². The molecule has 1 aromatic carbocycles. The fraction of sp³-hybridized carbons (Fsp3) is 0.400. The van der Waals surface area contributed by atoms with E-state index in [0.29, 0.717) is 39.2 Å². The third kappa shape index (κ3) is 5.46. The van der Waals surface area contributed by atoms with Crippen molar-refractivity contribution in [2.24, 2.45) is 0 Å². The first-order chi connectivity index (χ1) is 15.3. The fourth-order valence-electron chi connectivity index (χ4n) is 3.71. The SMILES string of the molecule is CCOC(=O)C(C)=Cc1ccccc1C1C(C(=O)OCC)=C(C)NC(C)=C1C(=O)OCC. The van der Waals surface area contributed by atoms with Gasteiger partial charge in [-0.2, -0.15) is 0 Å². The second-order valence-electron chi connectivity index (χ2n) is 7.25. The Hall–Kier alpha value is -3.35. The second kappa shape index (κ2) is 11.3. The molecule has 0 unspecified atom stereocenters. The summed E-state index contributed by atoms with van der Waals surface area (Å²) in [6.45, 7) is 11.1. The number of carbonyl (C=O) groups excluding carboxylic acids is 3. The van der Waals surface area contributed by atoms with Gasteiger partial charge < -0.3 is 19.5 Å². The van der Waals surface area contributed by atoms with E-state index in [2.05, 4.69) is 5.32 Å². The van der Waals surface area contributed by atoms with Crippen molar-refractivity contribution in [1.82, 2.24) is 5.32 Å². The minimum absolute atomic E-state index is 0.198. The molecule has 0 amide bonds. The van der Waals surface area contributed by atoms with E-state index in [0.717, 1.165) is 0 Å². The Kier molecular flexibility index (Phi) is 8.81. The Labute approximate surface area is 189 Å². The molecule has 0 bridgehead atoms. The molecule has 0 spiro atoms. The van der Waals surface area contributed by atoms with Crippen molar-refractivity contribution >= 4 is 24.0 Å². The van der Waals surface area contributed by atoms with Crippen LogP contribution in [-0.4, -0.2) is 37.7 Å². The molecular formula is C25H31NO6. The summed E-state index contributed by atoms with van der Waals surface area (Å²) in [5.41, 5.74) is 3.63. The molecule has 0 atom stereocenters. The number of benzene rings is 1. The zero-order valence-corrected chi connectivity index (χ0v) is 19.5. The smallest absolute Gasteiger partial charge is 0.336 e. The Morgan fingerprint density at radius 1 is 0.875 bits per heavy atom. The summed E-state index contributed by atoms with van der Waals surface area (Å²) < 4.78 is 15.7. The van der Waals surface area contributed by atoms with Gasteiger partial charge in [-0.25, -0.2) is 14.4 Å². The summed E-state index contributed by atoms with van der Waals surface area (Å²) >= 11 is 0. The summed E-state index contributed by atoms with van der Waals surface area (Å²) in [4.78, 5) is 38.1. The summed E-state index contributed by atoms with van der Waals surface area (Å²) in [6, 6.07) is 7.32. The number of hydrogen-bond acceptors (Lipinski definition) is 7. The molecule has 0 aliphatic carbocycles. The van der Waals surface area contributed by atoms with Gasteiger partial charge in [0.05, 0.1) is 36.9 Å². The summed E-state index contributed by atoms with van der Waals surface area (Å²) in [6.07, 6.45) is 1.70. The van der Waals surface area contributed by atoms with Crippen LogP contribution in [0.25, 0.3) is 6.08 Å². The maximum Gasteiger partial charge on any atom is 0.336 e. The van der Waals surface area contributed by atoms with Crippen molar-refractivity contribution in [2.75, 3.05) is 19.8 Å². The average Bonchev–Trinajstić information content (AvgIpc) is 2.74. The first-order valence-electron chi connectivity index (χ1n) is 10.7. The van der Waals surface area contributed by atoms with E-state index >= 15 is 0 Å². The molecule has 0 radical (unpaired) electrons. The standard InChI is InChI=1S/C25H31NO6/c1-7-30-23(27)15(4)14-18-12-10-11-13-19(18)22-20(24(28)31-8-2)16(5)26-17(6)21(22)25(29)32-9-3/h10-14,22,26H,7-9H2,1-6H3. The van der Waals surface area contributed by atoms with E-state index in [1.807, 2.05) is 24.3 Å². The van der Waals surface area contributed by atoms with Crippen LogP contribution < -0.4 is 5.32 Å². The molecule has 172 valence electrons. The molecule has 7 nitrogen and oxygen atoms in total. The lowest BCUT2D eigenvalue weighted by atomic mass is 9.78.